The smallest absolute Gasteiger partial charge is 0.131 e. The quantitative estimate of drug-likeness (QED) is 0.471. The zero-order chi connectivity index (χ0) is 22.5. The molecule has 5 heteroatoms. The first-order valence-electron chi connectivity index (χ1n) is 11.4. The minimum absolute atomic E-state index is 0.168. The molecule has 1 heterocycles. The molecule has 2 aliphatic rings. The van der Waals surface area contributed by atoms with Crippen molar-refractivity contribution >= 4 is 22.3 Å². The average molecular weight is 431 g/mol. The van der Waals surface area contributed by atoms with Gasteiger partial charge in [-0.15, -0.1) is 0 Å². The van der Waals surface area contributed by atoms with E-state index in [0.717, 1.165) is 48.3 Å². The molecule has 32 heavy (non-hydrogen) atoms. The summed E-state index contributed by atoms with van der Waals surface area (Å²) in [4.78, 5) is 9.37. The number of aryl methyl sites for hydroxylation is 1. The van der Waals surface area contributed by atoms with Gasteiger partial charge in [0.15, 0.2) is 0 Å². The van der Waals surface area contributed by atoms with Crippen LogP contribution in [0.5, 0.6) is 0 Å². The predicted molar refractivity (Wildman–Crippen MR) is 131 cm³/mol. The van der Waals surface area contributed by atoms with Crippen molar-refractivity contribution in [3.8, 4) is 0 Å². The van der Waals surface area contributed by atoms with Crippen LogP contribution >= 0.6 is 0 Å². The third-order valence-corrected chi connectivity index (χ3v) is 7.15. The molecule has 1 aliphatic heterocycles. The van der Waals surface area contributed by atoms with Crippen LogP contribution in [0.15, 0.2) is 59.6 Å². The van der Waals surface area contributed by atoms with Gasteiger partial charge in [-0.3, -0.25) is 4.99 Å². The molecule has 1 aliphatic carbocycles. The van der Waals surface area contributed by atoms with Crippen LogP contribution in [0.3, 0.4) is 0 Å². The van der Waals surface area contributed by atoms with Crippen molar-refractivity contribution in [2.75, 3.05) is 39.1 Å². The minimum Gasteiger partial charge on any atom is -0.368 e. The number of aliphatic imine (C=N–C) groups is 1. The largest absolute Gasteiger partial charge is 0.368 e. The molecular weight excluding hydrogens is 399 g/mol. The van der Waals surface area contributed by atoms with Gasteiger partial charge in [-0.1, -0.05) is 36.4 Å². The van der Waals surface area contributed by atoms with Gasteiger partial charge in [0.05, 0.1) is 5.54 Å². The normalized spacial score (nSPS) is 18.2. The third-order valence-electron chi connectivity index (χ3n) is 7.15. The lowest BCUT2D eigenvalue weighted by atomic mass is 9.95. The molecule has 0 bridgehead atoms. The monoisotopic (exact) mass is 430 g/mol. The van der Waals surface area contributed by atoms with Crippen molar-refractivity contribution in [2.45, 2.75) is 31.3 Å². The maximum absolute atomic E-state index is 14.4. The van der Waals surface area contributed by atoms with Gasteiger partial charge in [-0.05, 0) is 68.6 Å². The molecule has 1 N–H and O–H groups in total. The van der Waals surface area contributed by atoms with Gasteiger partial charge in [0, 0.05) is 42.8 Å². The van der Waals surface area contributed by atoms with Crippen molar-refractivity contribution in [1.29, 1.82) is 0 Å². The van der Waals surface area contributed by atoms with Gasteiger partial charge in [0.1, 0.15) is 11.7 Å². The first-order valence-corrected chi connectivity index (χ1v) is 11.4. The Kier molecular flexibility index (Phi) is 5.17. The van der Waals surface area contributed by atoms with Crippen LogP contribution in [0.1, 0.15) is 29.5 Å². The molecule has 3 aromatic carbocycles. The molecule has 1 saturated heterocycles. The van der Waals surface area contributed by atoms with E-state index in [1.54, 1.807) is 6.07 Å². The number of hydrogen-bond acceptors (Lipinski definition) is 3. The van der Waals surface area contributed by atoms with E-state index in [2.05, 4.69) is 59.3 Å². The highest BCUT2D eigenvalue weighted by Crippen LogP contribution is 2.48. The van der Waals surface area contributed by atoms with Crippen LogP contribution in [0.25, 0.3) is 10.8 Å². The molecule has 0 spiro atoms. The Labute approximate surface area is 189 Å². The number of likely N-dealkylation sites (N-methyl/N-ethyl adjacent to an activating group) is 1. The Balaban J connectivity index is 1.45. The van der Waals surface area contributed by atoms with E-state index in [9.17, 15) is 4.39 Å². The van der Waals surface area contributed by atoms with E-state index >= 15 is 0 Å². The van der Waals surface area contributed by atoms with Crippen LogP contribution in [0.2, 0.25) is 0 Å². The second-order valence-corrected chi connectivity index (χ2v) is 9.44. The fourth-order valence-electron chi connectivity index (χ4n) is 4.79. The molecule has 4 nitrogen and oxygen atoms in total. The molecular formula is C27H31FN4. The second-order valence-electron chi connectivity index (χ2n) is 9.44. The minimum atomic E-state index is -0.197. The lowest BCUT2D eigenvalue weighted by molar-refractivity contribution is 0.247. The summed E-state index contributed by atoms with van der Waals surface area (Å²) >= 11 is 0. The fraction of sp³-hybridized carbons (Fsp3) is 0.370. The molecule has 3 aromatic rings. The number of benzene rings is 3. The van der Waals surface area contributed by atoms with E-state index in [1.165, 1.54) is 11.3 Å². The maximum atomic E-state index is 14.4. The Hall–Kier alpha value is -2.92. The SMILES string of the molecule is CN=C(NC1(c2ccc(F)c3ccccc23)CC1)c1cc(N2CC(N(C)C)C2)ccc1C. The summed E-state index contributed by atoms with van der Waals surface area (Å²) in [6.45, 7) is 4.23. The summed E-state index contributed by atoms with van der Waals surface area (Å²) < 4.78 is 14.4. The fourth-order valence-corrected chi connectivity index (χ4v) is 4.79. The summed E-state index contributed by atoms with van der Waals surface area (Å²) in [5.74, 6) is 0.735. The van der Waals surface area contributed by atoms with Crippen LogP contribution in [0, 0.1) is 12.7 Å². The number of rotatable bonds is 5. The average Bonchev–Trinajstić information content (AvgIpc) is 3.53. The Morgan fingerprint density at radius 1 is 1.06 bits per heavy atom. The molecule has 0 aromatic heterocycles. The second kappa shape index (κ2) is 7.89. The number of amidine groups is 1. The summed E-state index contributed by atoms with van der Waals surface area (Å²) in [6, 6.07) is 18.6. The highest BCUT2D eigenvalue weighted by molar-refractivity contribution is 6.02. The van der Waals surface area contributed by atoms with Gasteiger partial charge in [-0.2, -0.15) is 0 Å². The summed E-state index contributed by atoms with van der Waals surface area (Å²) in [7, 11) is 6.13. The van der Waals surface area contributed by atoms with E-state index in [4.69, 9.17) is 0 Å². The van der Waals surface area contributed by atoms with Crippen molar-refractivity contribution in [3.05, 3.63) is 77.1 Å². The van der Waals surface area contributed by atoms with Gasteiger partial charge in [0.25, 0.3) is 0 Å². The molecule has 5 rings (SSSR count). The Morgan fingerprint density at radius 2 is 1.78 bits per heavy atom. The van der Waals surface area contributed by atoms with E-state index in [0.29, 0.717) is 11.4 Å². The van der Waals surface area contributed by atoms with Crippen molar-refractivity contribution < 1.29 is 4.39 Å². The number of halogens is 1. The van der Waals surface area contributed by atoms with E-state index in [-0.39, 0.29) is 11.4 Å². The number of nitrogens with zero attached hydrogens (tertiary/aromatic N) is 3. The predicted octanol–water partition coefficient (Wildman–Crippen LogP) is 4.69. The van der Waals surface area contributed by atoms with E-state index < -0.39 is 0 Å². The number of fused-ring (bicyclic) bond motifs is 1. The third kappa shape index (κ3) is 3.55. The van der Waals surface area contributed by atoms with Gasteiger partial charge in [-0.25, -0.2) is 4.39 Å². The zero-order valence-electron chi connectivity index (χ0n) is 19.3. The van der Waals surface area contributed by atoms with Crippen LogP contribution in [-0.4, -0.2) is 51.0 Å². The number of hydrogen-bond donors (Lipinski definition) is 1. The highest BCUT2D eigenvalue weighted by Gasteiger charge is 2.46. The lowest BCUT2D eigenvalue weighted by Gasteiger charge is -2.44. The van der Waals surface area contributed by atoms with Crippen LogP contribution in [-0.2, 0) is 5.54 Å². The number of nitrogens with one attached hydrogen (secondary N) is 1. The van der Waals surface area contributed by atoms with Crippen molar-refractivity contribution in [3.63, 3.8) is 0 Å². The van der Waals surface area contributed by atoms with Crippen LogP contribution in [0.4, 0.5) is 10.1 Å². The molecule has 0 unspecified atom stereocenters. The molecule has 1 saturated carbocycles. The lowest BCUT2D eigenvalue weighted by Crippen LogP contribution is -2.57. The first kappa shape index (κ1) is 21.0. The molecule has 166 valence electrons. The first-order chi connectivity index (χ1) is 15.4. The Bertz CT molecular complexity index is 1190. The maximum Gasteiger partial charge on any atom is 0.131 e. The van der Waals surface area contributed by atoms with Gasteiger partial charge < -0.3 is 15.1 Å². The number of anilines is 1. The van der Waals surface area contributed by atoms with Crippen molar-refractivity contribution in [1.82, 2.24) is 10.2 Å². The molecule has 0 radical (unpaired) electrons. The standard InChI is InChI=1S/C27H31FN4/c1-18-9-10-19(32-16-20(17-32)31(3)4)15-23(18)26(29-2)30-27(13-14-27)24-11-12-25(28)22-8-6-5-7-21(22)24/h5-12,15,20H,13-14,16-17H2,1-4H3,(H,29,30). The summed E-state index contributed by atoms with van der Waals surface area (Å²) in [6.07, 6.45) is 2.02. The van der Waals surface area contributed by atoms with Gasteiger partial charge >= 0.3 is 0 Å². The summed E-state index contributed by atoms with van der Waals surface area (Å²) in [5, 5.41) is 5.43. The Morgan fingerprint density at radius 3 is 2.44 bits per heavy atom. The molecule has 0 amide bonds. The molecule has 2 fully saturated rings. The van der Waals surface area contributed by atoms with Gasteiger partial charge in [0.2, 0.25) is 0 Å². The topological polar surface area (TPSA) is 30.9 Å². The van der Waals surface area contributed by atoms with Crippen LogP contribution < -0.4 is 10.2 Å². The van der Waals surface area contributed by atoms with E-state index in [1.807, 2.05) is 37.4 Å². The highest BCUT2D eigenvalue weighted by atomic mass is 19.1. The zero-order valence-corrected chi connectivity index (χ0v) is 19.3. The molecule has 0 atom stereocenters. The summed E-state index contributed by atoms with van der Waals surface area (Å²) in [5.41, 5.74) is 4.53. The van der Waals surface area contributed by atoms with Crippen molar-refractivity contribution in [2.24, 2.45) is 4.99 Å².